The average molecular weight is 469 g/mol. The van der Waals surface area contributed by atoms with Crippen molar-refractivity contribution in [2.45, 2.75) is 36.2 Å². The van der Waals surface area contributed by atoms with Crippen molar-refractivity contribution in [2.75, 3.05) is 5.32 Å². The van der Waals surface area contributed by atoms with Crippen LogP contribution >= 0.6 is 11.8 Å². The van der Waals surface area contributed by atoms with Crippen LogP contribution in [0.5, 0.6) is 0 Å². The van der Waals surface area contributed by atoms with E-state index in [-0.39, 0.29) is 17.0 Å². The van der Waals surface area contributed by atoms with Gasteiger partial charge in [0, 0.05) is 41.6 Å². The molecule has 1 aromatic heterocycles. The third-order valence-corrected chi connectivity index (χ3v) is 6.47. The molecule has 8 nitrogen and oxygen atoms in total. The number of nitro groups is 1. The van der Waals surface area contributed by atoms with Gasteiger partial charge in [0.15, 0.2) is 5.78 Å². The van der Waals surface area contributed by atoms with E-state index in [0.717, 1.165) is 11.6 Å². The summed E-state index contributed by atoms with van der Waals surface area (Å²) in [6.07, 6.45) is 1.68. The molecule has 11 heteroatoms. The van der Waals surface area contributed by atoms with Gasteiger partial charge in [-0.1, -0.05) is 23.9 Å². The van der Waals surface area contributed by atoms with Gasteiger partial charge in [0.2, 0.25) is 11.1 Å². The van der Waals surface area contributed by atoms with Gasteiger partial charge in [0.1, 0.15) is 17.7 Å². The molecule has 0 saturated carbocycles. The third kappa shape index (κ3) is 4.11. The highest BCUT2D eigenvalue weighted by Crippen LogP contribution is 2.41. The van der Waals surface area contributed by atoms with Crippen molar-refractivity contribution in [3.05, 3.63) is 86.6 Å². The number of thioether (sulfide) groups is 1. The molecule has 1 atom stereocenters. The Kier molecular flexibility index (Phi) is 5.41. The van der Waals surface area contributed by atoms with Gasteiger partial charge in [0.05, 0.1) is 4.92 Å². The van der Waals surface area contributed by atoms with Crippen LogP contribution in [0.1, 0.15) is 36.4 Å². The Morgan fingerprint density at radius 3 is 2.58 bits per heavy atom. The van der Waals surface area contributed by atoms with Crippen LogP contribution in [0.25, 0.3) is 0 Å². The zero-order valence-electron chi connectivity index (χ0n) is 17.1. The number of benzene rings is 2. The number of hydrogen-bond acceptors (Lipinski definition) is 7. The number of carbonyl (C=O) groups is 1. The minimum absolute atomic E-state index is 0.00928. The Morgan fingerprint density at radius 2 is 1.88 bits per heavy atom. The van der Waals surface area contributed by atoms with E-state index >= 15 is 0 Å². The first-order valence-electron chi connectivity index (χ1n) is 10.2. The number of halogens is 2. The second kappa shape index (κ2) is 8.39. The zero-order chi connectivity index (χ0) is 23.1. The van der Waals surface area contributed by atoms with Crippen molar-refractivity contribution < 1.29 is 18.5 Å². The first-order valence-corrected chi connectivity index (χ1v) is 11.2. The highest BCUT2D eigenvalue weighted by atomic mass is 32.2. The van der Waals surface area contributed by atoms with Crippen molar-refractivity contribution in [3.8, 4) is 0 Å². The quantitative estimate of drug-likeness (QED) is 0.326. The first-order chi connectivity index (χ1) is 15.9. The monoisotopic (exact) mass is 469 g/mol. The number of aromatic nitrogens is 3. The molecule has 1 N–H and O–H groups in total. The summed E-state index contributed by atoms with van der Waals surface area (Å²) < 4.78 is 29.5. The molecule has 0 bridgehead atoms. The fourth-order valence-electron chi connectivity index (χ4n) is 4.10. The van der Waals surface area contributed by atoms with Gasteiger partial charge in [-0.3, -0.25) is 14.9 Å². The number of nitrogens with zero attached hydrogens (tertiary/aromatic N) is 4. The molecule has 2 aromatic carbocycles. The summed E-state index contributed by atoms with van der Waals surface area (Å²) in [5.74, 6) is -0.692. The van der Waals surface area contributed by atoms with E-state index in [1.165, 1.54) is 40.7 Å². The standard InChI is InChI=1S/C22H17F2N5O3S/c23-14-8-13(9-15(24)10-14)20-19-17(2-1-3-18(19)30)25-21-26-22(27-28(20)21)33-11-12-4-6-16(7-5-12)29(31)32/h4-10,20H,1-3,11H2,(H,25,26,27). The predicted octanol–water partition coefficient (Wildman–Crippen LogP) is 4.78. The number of hydrogen-bond donors (Lipinski definition) is 1. The van der Waals surface area contributed by atoms with E-state index in [2.05, 4.69) is 15.4 Å². The third-order valence-electron chi connectivity index (χ3n) is 5.56. The van der Waals surface area contributed by atoms with Crippen molar-refractivity contribution in [1.82, 2.24) is 14.8 Å². The molecule has 0 spiro atoms. The van der Waals surface area contributed by atoms with Gasteiger partial charge >= 0.3 is 0 Å². The minimum Gasteiger partial charge on any atom is -0.328 e. The Morgan fingerprint density at radius 1 is 1.15 bits per heavy atom. The molecule has 1 aliphatic carbocycles. The number of anilines is 1. The number of allylic oxidation sites excluding steroid dienone is 2. The second-order valence-electron chi connectivity index (χ2n) is 7.77. The topological polar surface area (TPSA) is 103 Å². The minimum atomic E-state index is -0.782. The zero-order valence-corrected chi connectivity index (χ0v) is 17.9. The van der Waals surface area contributed by atoms with E-state index < -0.39 is 22.6 Å². The van der Waals surface area contributed by atoms with Gasteiger partial charge < -0.3 is 5.32 Å². The molecule has 3 aromatic rings. The second-order valence-corrected chi connectivity index (χ2v) is 8.72. The van der Waals surface area contributed by atoms with E-state index in [9.17, 15) is 23.7 Å². The van der Waals surface area contributed by atoms with Gasteiger partial charge in [0.25, 0.3) is 5.69 Å². The van der Waals surface area contributed by atoms with Gasteiger partial charge in [-0.05, 0) is 36.1 Å². The molecule has 168 valence electrons. The fraction of sp³-hybridized carbons (Fsp3) is 0.227. The normalized spacial score (nSPS) is 17.4. The fourth-order valence-corrected chi connectivity index (χ4v) is 4.89. The Hall–Kier alpha value is -3.60. The number of fused-ring (bicyclic) bond motifs is 1. The highest BCUT2D eigenvalue weighted by Gasteiger charge is 2.37. The summed E-state index contributed by atoms with van der Waals surface area (Å²) in [7, 11) is 0. The number of rotatable bonds is 5. The molecule has 0 radical (unpaired) electrons. The molecule has 1 aliphatic heterocycles. The lowest BCUT2D eigenvalue weighted by Gasteiger charge is -2.32. The molecule has 2 heterocycles. The Balaban J connectivity index is 1.47. The van der Waals surface area contributed by atoms with E-state index in [4.69, 9.17) is 0 Å². The Labute approximate surface area is 190 Å². The molecule has 0 fully saturated rings. The summed E-state index contributed by atoms with van der Waals surface area (Å²) >= 11 is 1.31. The summed E-state index contributed by atoms with van der Waals surface area (Å²) in [5.41, 5.74) is 2.30. The van der Waals surface area contributed by atoms with Crippen LogP contribution in [0.3, 0.4) is 0 Å². The Bertz CT molecular complexity index is 1290. The van der Waals surface area contributed by atoms with E-state index in [1.54, 1.807) is 12.1 Å². The summed E-state index contributed by atoms with van der Waals surface area (Å²) in [4.78, 5) is 27.7. The van der Waals surface area contributed by atoms with Crippen molar-refractivity contribution in [3.63, 3.8) is 0 Å². The van der Waals surface area contributed by atoms with Crippen LogP contribution in [0.15, 0.2) is 58.9 Å². The lowest BCUT2D eigenvalue weighted by atomic mass is 9.85. The molecular weight excluding hydrogens is 452 g/mol. The molecule has 5 rings (SSSR count). The number of Topliss-reactive ketones (excluding diaryl/α,β-unsaturated/α-hetero) is 1. The SMILES string of the molecule is O=C1CCCC2=C1C(c1cc(F)cc(F)c1)n1nc(SCc3ccc([N+](=O)[O-])cc3)nc1N2. The van der Waals surface area contributed by atoms with Crippen LogP contribution in [-0.2, 0) is 10.5 Å². The van der Waals surface area contributed by atoms with Crippen LogP contribution in [0, 0.1) is 21.7 Å². The van der Waals surface area contributed by atoms with Crippen LogP contribution < -0.4 is 5.32 Å². The lowest BCUT2D eigenvalue weighted by molar-refractivity contribution is -0.384. The van der Waals surface area contributed by atoms with Crippen molar-refractivity contribution in [2.24, 2.45) is 0 Å². The van der Waals surface area contributed by atoms with Crippen LogP contribution in [-0.4, -0.2) is 25.5 Å². The maximum atomic E-state index is 14.0. The molecule has 33 heavy (non-hydrogen) atoms. The molecular formula is C22H17F2N5O3S. The van der Waals surface area contributed by atoms with E-state index in [0.29, 0.717) is 47.4 Å². The molecule has 0 amide bonds. The highest BCUT2D eigenvalue weighted by molar-refractivity contribution is 7.98. The number of non-ortho nitro benzene ring substituents is 1. The van der Waals surface area contributed by atoms with E-state index in [1.807, 2.05) is 0 Å². The van der Waals surface area contributed by atoms with Gasteiger partial charge in [-0.25, -0.2) is 13.5 Å². The first kappa shape index (κ1) is 21.3. The summed E-state index contributed by atoms with van der Waals surface area (Å²) in [6, 6.07) is 8.61. The maximum absolute atomic E-state index is 14.0. The lowest BCUT2D eigenvalue weighted by Crippen LogP contribution is -2.31. The molecule has 0 saturated heterocycles. The number of nitrogens with one attached hydrogen (secondary N) is 1. The van der Waals surface area contributed by atoms with Crippen LogP contribution in [0.4, 0.5) is 20.4 Å². The molecule has 1 unspecified atom stereocenters. The largest absolute Gasteiger partial charge is 0.328 e. The van der Waals surface area contributed by atoms with Gasteiger partial charge in [-0.2, -0.15) is 4.98 Å². The predicted molar refractivity (Wildman–Crippen MR) is 117 cm³/mol. The maximum Gasteiger partial charge on any atom is 0.269 e. The van der Waals surface area contributed by atoms with Gasteiger partial charge in [-0.15, -0.1) is 5.10 Å². The van der Waals surface area contributed by atoms with Crippen molar-refractivity contribution in [1.29, 1.82) is 0 Å². The number of ketones is 1. The average Bonchev–Trinajstić information content (AvgIpc) is 3.18. The van der Waals surface area contributed by atoms with Crippen molar-refractivity contribution >= 4 is 29.2 Å². The smallest absolute Gasteiger partial charge is 0.269 e. The summed E-state index contributed by atoms with van der Waals surface area (Å²) in [6.45, 7) is 0. The van der Waals surface area contributed by atoms with Crippen LogP contribution in [0.2, 0.25) is 0 Å². The molecule has 2 aliphatic rings. The number of nitro benzene ring substituents is 1. The summed E-state index contributed by atoms with van der Waals surface area (Å²) in [5, 5.41) is 18.9. The number of carbonyl (C=O) groups excluding carboxylic acids is 1.